The molecule has 0 aliphatic carbocycles. The number of nitrogens with one attached hydrogen (secondary N) is 1. The van der Waals surface area contributed by atoms with Crippen LogP contribution in [0.3, 0.4) is 0 Å². The molecule has 18 heavy (non-hydrogen) atoms. The number of amides is 1. The zero-order chi connectivity index (χ0) is 13.0. The summed E-state index contributed by atoms with van der Waals surface area (Å²) in [7, 11) is 0. The molecule has 0 fully saturated rings. The number of benzene rings is 1. The standard InChI is InChI=1S/C12H9N5O/c13-7-9-5-6-15-17-12(9)16-10-3-1-8(2-4-10)11(14)18/h1-6H,(H2,14,18)(H,16,17). The summed E-state index contributed by atoms with van der Waals surface area (Å²) >= 11 is 0. The monoisotopic (exact) mass is 239 g/mol. The normalized spacial score (nSPS) is 9.50. The van der Waals surface area contributed by atoms with Crippen molar-refractivity contribution in [2.75, 3.05) is 5.32 Å². The van der Waals surface area contributed by atoms with Gasteiger partial charge in [0.15, 0.2) is 5.82 Å². The van der Waals surface area contributed by atoms with Gasteiger partial charge in [0.2, 0.25) is 5.91 Å². The second-order valence-electron chi connectivity index (χ2n) is 3.47. The Morgan fingerprint density at radius 2 is 2.00 bits per heavy atom. The first-order valence-electron chi connectivity index (χ1n) is 5.09. The van der Waals surface area contributed by atoms with E-state index in [1.165, 1.54) is 6.20 Å². The molecule has 3 N–H and O–H groups in total. The van der Waals surface area contributed by atoms with Gasteiger partial charge < -0.3 is 11.1 Å². The third kappa shape index (κ3) is 2.41. The number of rotatable bonds is 3. The molecule has 0 bridgehead atoms. The number of nitrogens with two attached hydrogens (primary N) is 1. The van der Waals surface area contributed by atoms with E-state index in [1.54, 1.807) is 30.3 Å². The molecule has 1 aromatic heterocycles. The lowest BCUT2D eigenvalue weighted by Gasteiger charge is -2.06. The number of anilines is 2. The van der Waals surface area contributed by atoms with Gasteiger partial charge in [-0.2, -0.15) is 10.4 Å². The van der Waals surface area contributed by atoms with Gasteiger partial charge in [-0.05, 0) is 30.3 Å². The van der Waals surface area contributed by atoms with Crippen molar-refractivity contribution < 1.29 is 4.79 Å². The number of nitrogens with zero attached hydrogens (tertiary/aromatic N) is 3. The first-order valence-corrected chi connectivity index (χ1v) is 5.09. The van der Waals surface area contributed by atoms with Gasteiger partial charge in [0.1, 0.15) is 6.07 Å². The van der Waals surface area contributed by atoms with Gasteiger partial charge in [0, 0.05) is 11.3 Å². The van der Waals surface area contributed by atoms with E-state index in [1.807, 2.05) is 6.07 Å². The second kappa shape index (κ2) is 4.93. The molecule has 0 atom stereocenters. The Bertz CT molecular complexity index is 615. The van der Waals surface area contributed by atoms with Gasteiger partial charge in [-0.3, -0.25) is 4.79 Å². The Morgan fingerprint density at radius 1 is 1.28 bits per heavy atom. The molecule has 6 nitrogen and oxygen atoms in total. The number of carbonyl (C=O) groups excluding carboxylic acids is 1. The van der Waals surface area contributed by atoms with Crippen LogP contribution in [0.15, 0.2) is 36.5 Å². The minimum Gasteiger partial charge on any atom is -0.366 e. The molecule has 1 amide bonds. The molecule has 2 rings (SSSR count). The topological polar surface area (TPSA) is 105 Å². The number of primary amides is 1. The van der Waals surface area contributed by atoms with E-state index in [0.29, 0.717) is 22.6 Å². The van der Waals surface area contributed by atoms with Crippen LogP contribution in [0.5, 0.6) is 0 Å². The van der Waals surface area contributed by atoms with Crippen molar-refractivity contribution in [3.8, 4) is 6.07 Å². The zero-order valence-corrected chi connectivity index (χ0v) is 9.29. The molecular weight excluding hydrogens is 230 g/mol. The molecule has 0 saturated heterocycles. The lowest BCUT2D eigenvalue weighted by Crippen LogP contribution is -2.10. The summed E-state index contributed by atoms with van der Waals surface area (Å²) in [6, 6.07) is 10.1. The van der Waals surface area contributed by atoms with E-state index in [0.717, 1.165) is 0 Å². The fourth-order valence-electron chi connectivity index (χ4n) is 1.37. The van der Waals surface area contributed by atoms with Crippen LogP contribution in [0.2, 0.25) is 0 Å². The highest BCUT2D eigenvalue weighted by Gasteiger charge is 2.04. The quantitative estimate of drug-likeness (QED) is 0.837. The van der Waals surface area contributed by atoms with E-state index in [-0.39, 0.29) is 0 Å². The van der Waals surface area contributed by atoms with Crippen molar-refractivity contribution in [1.82, 2.24) is 10.2 Å². The number of hydrogen-bond donors (Lipinski definition) is 2. The van der Waals surface area contributed by atoms with E-state index in [4.69, 9.17) is 11.0 Å². The SMILES string of the molecule is N#Cc1ccnnc1Nc1ccc(C(N)=O)cc1. The maximum Gasteiger partial charge on any atom is 0.248 e. The Balaban J connectivity index is 2.24. The lowest BCUT2D eigenvalue weighted by molar-refractivity contribution is 0.100. The van der Waals surface area contributed by atoms with Crippen LogP contribution >= 0.6 is 0 Å². The fourth-order valence-corrected chi connectivity index (χ4v) is 1.37. The van der Waals surface area contributed by atoms with Gasteiger partial charge in [-0.1, -0.05) is 0 Å². The number of nitriles is 1. The molecule has 0 unspecified atom stereocenters. The van der Waals surface area contributed by atoms with Crippen molar-refractivity contribution in [1.29, 1.82) is 5.26 Å². The van der Waals surface area contributed by atoms with E-state index >= 15 is 0 Å². The van der Waals surface area contributed by atoms with Crippen LogP contribution in [0.1, 0.15) is 15.9 Å². The van der Waals surface area contributed by atoms with Crippen LogP contribution in [0.25, 0.3) is 0 Å². The van der Waals surface area contributed by atoms with Crippen molar-refractivity contribution in [3.63, 3.8) is 0 Å². The molecule has 0 aliphatic rings. The zero-order valence-electron chi connectivity index (χ0n) is 9.29. The van der Waals surface area contributed by atoms with E-state index in [2.05, 4.69) is 15.5 Å². The first-order chi connectivity index (χ1) is 8.70. The summed E-state index contributed by atoms with van der Waals surface area (Å²) in [5.41, 5.74) is 6.64. The Hall–Kier alpha value is -2.94. The molecule has 2 aromatic rings. The van der Waals surface area contributed by atoms with Crippen molar-refractivity contribution in [2.45, 2.75) is 0 Å². The van der Waals surface area contributed by atoms with Gasteiger partial charge in [-0.25, -0.2) is 0 Å². The van der Waals surface area contributed by atoms with Crippen LogP contribution in [0.4, 0.5) is 11.5 Å². The van der Waals surface area contributed by atoms with Crippen LogP contribution < -0.4 is 11.1 Å². The fraction of sp³-hybridized carbons (Fsp3) is 0. The van der Waals surface area contributed by atoms with Gasteiger partial charge in [-0.15, -0.1) is 5.10 Å². The van der Waals surface area contributed by atoms with Crippen molar-refractivity contribution in [2.24, 2.45) is 5.73 Å². The van der Waals surface area contributed by atoms with Crippen molar-refractivity contribution in [3.05, 3.63) is 47.7 Å². The highest BCUT2D eigenvalue weighted by molar-refractivity contribution is 5.93. The molecule has 88 valence electrons. The molecule has 1 heterocycles. The summed E-state index contributed by atoms with van der Waals surface area (Å²) in [5.74, 6) is -0.120. The molecule has 1 aromatic carbocycles. The minimum absolute atomic E-state index is 0.367. The van der Waals surface area contributed by atoms with Gasteiger partial charge in [0.25, 0.3) is 0 Å². The summed E-state index contributed by atoms with van der Waals surface area (Å²) < 4.78 is 0. The Kier molecular flexibility index (Phi) is 3.16. The summed E-state index contributed by atoms with van der Waals surface area (Å²) in [4.78, 5) is 10.9. The van der Waals surface area contributed by atoms with Crippen LogP contribution in [-0.4, -0.2) is 16.1 Å². The molecule has 0 saturated carbocycles. The molecular formula is C12H9N5O. The first kappa shape index (κ1) is 11.5. The number of carbonyl (C=O) groups is 1. The lowest BCUT2D eigenvalue weighted by atomic mass is 10.2. The Morgan fingerprint density at radius 3 is 2.61 bits per heavy atom. The van der Waals surface area contributed by atoms with Gasteiger partial charge in [0.05, 0.1) is 11.8 Å². The second-order valence-corrected chi connectivity index (χ2v) is 3.47. The highest BCUT2D eigenvalue weighted by atomic mass is 16.1. The maximum atomic E-state index is 10.9. The predicted molar refractivity (Wildman–Crippen MR) is 65.0 cm³/mol. The highest BCUT2D eigenvalue weighted by Crippen LogP contribution is 2.17. The van der Waals surface area contributed by atoms with Crippen LogP contribution in [0, 0.1) is 11.3 Å². The number of aromatic nitrogens is 2. The smallest absolute Gasteiger partial charge is 0.248 e. The van der Waals surface area contributed by atoms with Gasteiger partial charge >= 0.3 is 0 Å². The average molecular weight is 239 g/mol. The maximum absolute atomic E-state index is 10.9. The third-order valence-corrected chi connectivity index (χ3v) is 2.27. The van der Waals surface area contributed by atoms with E-state index < -0.39 is 5.91 Å². The van der Waals surface area contributed by atoms with E-state index in [9.17, 15) is 4.79 Å². The van der Waals surface area contributed by atoms with Crippen molar-refractivity contribution >= 4 is 17.4 Å². The molecule has 6 heteroatoms. The molecule has 0 radical (unpaired) electrons. The summed E-state index contributed by atoms with van der Waals surface area (Å²) in [6.07, 6.45) is 1.44. The molecule has 0 spiro atoms. The Labute approximate surface area is 103 Å². The number of hydrogen-bond acceptors (Lipinski definition) is 5. The molecule has 0 aliphatic heterocycles. The summed E-state index contributed by atoms with van der Waals surface area (Å²) in [6.45, 7) is 0. The largest absolute Gasteiger partial charge is 0.366 e. The predicted octanol–water partition coefficient (Wildman–Crippen LogP) is 1.19. The summed E-state index contributed by atoms with van der Waals surface area (Å²) in [5, 5.41) is 19.4. The average Bonchev–Trinajstić information content (AvgIpc) is 2.40. The third-order valence-electron chi connectivity index (χ3n) is 2.27. The minimum atomic E-state index is -0.487. The van der Waals surface area contributed by atoms with Crippen LogP contribution in [-0.2, 0) is 0 Å².